The van der Waals surface area contributed by atoms with Gasteiger partial charge >= 0.3 is 63.3 Å². The van der Waals surface area contributed by atoms with Crippen molar-refractivity contribution in [2.75, 3.05) is 13.2 Å². The van der Waals surface area contributed by atoms with Gasteiger partial charge in [0.2, 0.25) is 0 Å². The van der Waals surface area contributed by atoms with Crippen LogP contribution < -0.4 is 51.4 Å². The summed E-state index contributed by atoms with van der Waals surface area (Å²) in [4.78, 5) is 24.8. The molecule has 1 unspecified atom stereocenters. The van der Waals surface area contributed by atoms with Gasteiger partial charge in [0.1, 0.15) is 16.7 Å². The van der Waals surface area contributed by atoms with Gasteiger partial charge in [-0.15, -0.1) is 0 Å². The van der Waals surface area contributed by atoms with Crippen molar-refractivity contribution in [2.45, 2.75) is 141 Å². The van der Waals surface area contributed by atoms with Crippen molar-refractivity contribution in [2.24, 2.45) is 0 Å². The fraction of sp³-hybridized carbons (Fsp3) is 0.750. The molecule has 0 aromatic heterocycles. The van der Waals surface area contributed by atoms with E-state index in [-0.39, 0.29) is 69.1 Å². The van der Waals surface area contributed by atoms with E-state index < -0.39 is 33.9 Å². The number of carbonyl (C=O) groups is 2. The molecule has 9 heteroatoms. The Morgan fingerprint density at radius 3 is 1.37 bits per heavy atom. The summed E-state index contributed by atoms with van der Waals surface area (Å²) in [6.07, 6.45) is 24.6. The van der Waals surface area contributed by atoms with Crippen molar-refractivity contribution in [1.82, 2.24) is 0 Å². The predicted octanol–water partition coefficient (Wildman–Crippen LogP) is 5.37. The van der Waals surface area contributed by atoms with E-state index in [1.54, 1.807) is 12.1 Å². The molecule has 1 rings (SSSR count). The molecule has 0 saturated carbocycles. The molecule has 0 spiro atoms. The van der Waals surface area contributed by atoms with E-state index in [0.29, 0.717) is 0 Å². The molecule has 7 nitrogen and oxygen atoms in total. The van der Waals surface area contributed by atoms with Crippen LogP contribution in [-0.2, 0) is 19.6 Å². The van der Waals surface area contributed by atoms with Gasteiger partial charge in [-0.25, -0.2) is 18.0 Å². The molecule has 1 atom stereocenters. The molecule has 0 aliphatic heterocycles. The largest absolute Gasteiger partial charge is 1.00 e. The molecule has 41 heavy (non-hydrogen) atoms. The smallest absolute Gasteiger partial charge is 0.748 e. The SMILES string of the molecule is CCCCCCCCCCCCCCCCCCCCCOC(=O)c1ccccc1C(=O)OCC(C)S(=O)(=O)[O-].[K+]. The zero-order valence-electron chi connectivity index (χ0n) is 26.0. The molecule has 0 radical (unpaired) electrons. The topological polar surface area (TPSA) is 110 Å². The van der Waals surface area contributed by atoms with Crippen molar-refractivity contribution >= 4 is 22.1 Å². The monoisotopic (exact) mass is 620 g/mol. The maximum Gasteiger partial charge on any atom is 1.00 e. The summed E-state index contributed by atoms with van der Waals surface area (Å²) in [7, 11) is -4.56. The first-order valence-corrected chi connectivity index (χ1v) is 17.1. The zero-order valence-corrected chi connectivity index (χ0v) is 29.9. The summed E-state index contributed by atoms with van der Waals surface area (Å²) in [5.74, 6) is -1.49. The van der Waals surface area contributed by atoms with Crippen molar-refractivity contribution in [3.63, 3.8) is 0 Å². The van der Waals surface area contributed by atoms with Crippen LogP contribution in [0.2, 0.25) is 0 Å². The van der Waals surface area contributed by atoms with E-state index in [1.807, 2.05) is 0 Å². The van der Waals surface area contributed by atoms with Gasteiger partial charge in [0, 0.05) is 0 Å². The zero-order chi connectivity index (χ0) is 29.5. The van der Waals surface area contributed by atoms with Crippen LogP contribution in [0.3, 0.4) is 0 Å². The van der Waals surface area contributed by atoms with Crippen molar-refractivity contribution in [3.8, 4) is 0 Å². The van der Waals surface area contributed by atoms with Crippen LogP contribution in [0.5, 0.6) is 0 Å². The van der Waals surface area contributed by atoms with E-state index in [1.165, 1.54) is 115 Å². The molecule has 0 saturated heterocycles. The average Bonchev–Trinajstić information content (AvgIpc) is 2.94. The van der Waals surface area contributed by atoms with Crippen LogP contribution >= 0.6 is 0 Å². The van der Waals surface area contributed by atoms with Gasteiger partial charge in [-0.2, -0.15) is 0 Å². The summed E-state index contributed by atoms with van der Waals surface area (Å²) in [6, 6.07) is 6.05. The van der Waals surface area contributed by atoms with Gasteiger partial charge < -0.3 is 14.0 Å². The number of hydrogen-bond acceptors (Lipinski definition) is 7. The average molecular weight is 621 g/mol. The first kappa shape index (κ1) is 40.7. The normalized spacial score (nSPS) is 12.0. The molecule has 230 valence electrons. The van der Waals surface area contributed by atoms with E-state index in [2.05, 4.69) is 6.92 Å². The Hall–Kier alpha value is -0.294. The molecule has 0 heterocycles. The van der Waals surface area contributed by atoms with E-state index in [4.69, 9.17) is 9.47 Å². The summed E-state index contributed by atoms with van der Waals surface area (Å²) >= 11 is 0. The van der Waals surface area contributed by atoms with E-state index >= 15 is 0 Å². The van der Waals surface area contributed by atoms with Crippen molar-refractivity contribution in [3.05, 3.63) is 35.4 Å². The number of carbonyl (C=O) groups excluding carboxylic acids is 2. The van der Waals surface area contributed by atoms with Crippen LogP contribution in [0.4, 0.5) is 0 Å². The number of ether oxygens (including phenoxy) is 2. The van der Waals surface area contributed by atoms with Gasteiger partial charge in [0.15, 0.2) is 0 Å². The summed E-state index contributed by atoms with van der Waals surface area (Å²) in [5.41, 5.74) is 0.0408. The first-order chi connectivity index (χ1) is 19.3. The number of esters is 2. The molecule has 0 N–H and O–H groups in total. The fourth-order valence-electron chi connectivity index (χ4n) is 4.62. The minimum absolute atomic E-state index is 0. The molecule has 0 aliphatic rings. The molecule has 0 fully saturated rings. The second-order valence-electron chi connectivity index (χ2n) is 10.9. The predicted molar refractivity (Wildman–Crippen MR) is 160 cm³/mol. The molecule has 0 aliphatic carbocycles. The number of unbranched alkanes of at least 4 members (excludes halogenated alkanes) is 18. The fourth-order valence-corrected chi connectivity index (χ4v) is 4.85. The number of benzene rings is 1. The molecule has 1 aromatic carbocycles. The van der Waals surface area contributed by atoms with E-state index in [9.17, 15) is 22.6 Å². The Labute approximate surface area is 292 Å². The summed E-state index contributed by atoms with van der Waals surface area (Å²) in [6.45, 7) is 3.12. The van der Waals surface area contributed by atoms with Gasteiger partial charge in [0.25, 0.3) is 0 Å². The molecular formula is C32H53KO7S. The standard InChI is InChI=1S/C32H54O7S.K/c1-3-4-5-6-7-8-9-10-11-12-13-14-15-16-17-18-19-20-23-26-38-31(33)29-24-21-22-25-30(29)32(34)39-27-28(2)40(35,36)37;/h21-22,24-25,28H,3-20,23,26-27H2,1-2H3,(H,35,36,37);/q;+1/p-1. The molecule has 1 aromatic rings. The van der Waals surface area contributed by atoms with Gasteiger partial charge in [-0.1, -0.05) is 135 Å². The van der Waals surface area contributed by atoms with Crippen LogP contribution in [0.25, 0.3) is 0 Å². The maximum absolute atomic E-state index is 12.5. The third-order valence-corrected chi connectivity index (χ3v) is 8.41. The van der Waals surface area contributed by atoms with Gasteiger partial charge in [-0.05, 0) is 25.5 Å². The van der Waals surface area contributed by atoms with Crippen LogP contribution in [0, 0.1) is 0 Å². The maximum atomic E-state index is 12.5. The minimum Gasteiger partial charge on any atom is -0.748 e. The number of hydrogen-bond donors (Lipinski definition) is 0. The van der Waals surface area contributed by atoms with Gasteiger partial charge in [0.05, 0.1) is 23.0 Å². The summed E-state index contributed by atoms with van der Waals surface area (Å²) < 4.78 is 43.2. The Bertz CT molecular complexity index is 920. The third kappa shape index (κ3) is 21.1. The molecule has 0 bridgehead atoms. The van der Waals surface area contributed by atoms with Crippen molar-refractivity contribution < 1.29 is 83.4 Å². The number of rotatable bonds is 25. The Balaban J connectivity index is 0.0000160. The minimum atomic E-state index is -4.56. The Morgan fingerprint density at radius 2 is 1.00 bits per heavy atom. The van der Waals surface area contributed by atoms with Crippen LogP contribution in [-0.4, -0.2) is 43.4 Å². The van der Waals surface area contributed by atoms with Crippen LogP contribution in [0.1, 0.15) is 157 Å². The second kappa shape index (κ2) is 26.1. The Morgan fingerprint density at radius 1 is 0.659 bits per heavy atom. The summed E-state index contributed by atoms with van der Waals surface area (Å²) in [5, 5.41) is -1.37. The van der Waals surface area contributed by atoms with E-state index in [0.717, 1.165) is 26.2 Å². The van der Waals surface area contributed by atoms with Crippen molar-refractivity contribution in [1.29, 1.82) is 0 Å². The second-order valence-corrected chi connectivity index (χ2v) is 12.7. The van der Waals surface area contributed by atoms with Crippen LogP contribution in [0.15, 0.2) is 24.3 Å². The molecular weight excluding hydrogens is 568 g/mol. The molecule has 0 amide bonds. The quantitative estimate of drug-likeness (QED) is 0.0626. The Kier molecular flexibility index (Phi) is 26.0. The van der Waals surface area contributed by atoms with Gasteiger partial charge in [-0.3, -0.25) is 0 Å². The third-order valence-electron chi connectivity index (χ3n) is 7.29. The first-order valence-electron chi connectivity index (χ1n) is 15.6.